The molecule has 0 N–H and O–H groups in total. The zero-order valence-electron chi connectivity index (χ0n) is 10.3. The second-order valence-electron chi connectivity index (χ2n) is 4.44. The number of halogens is 1. The van der Waals surface area contributed by atoms with E-state index in [4.69, 9.17) is 11.6 Å². The Morgan fingerprint density at radius 1 is 1.25 bits per heavy atom. The molecule has 100 valence electrons. The van der Waals surface area contributed by atoms with Crippen molar-refractivity contribution in [2.24, 2.45) is 0 Å². The van der Waals surface area contributed by atoms with E-state index in [2.05, 4.69) is 0 Å². The van der Waals surface area contributed by atoms with Crippen LogP contribution in [-0.2, 0) is 0 Å². The van der Waals surface area contributed by atoms with Crippen LogP contribution in [0.1, 0.15) is 5.56 Å². The monoisotopic (exact) mass is 305 g/mol. The van der Waals surface area contributed by atoms with Crippen LogP contribution in [0.4, 0.5) is 5.69 Å². The van der Waals surface area contributed by atoms with Crippen molar-refractivity contribution in [1.29, 1.82) is 0 Å². The minimum absolute atomic E-state index is 0.0927. The maximum absolute atomic E-state index is 12.5. The Balaban J connectivity index is 2.55. The molecule has 4 nitrogen and oxygen atoms in total. The summed E-state index contributed by atoms with van der Waals surface area (Å²) in [6.07, 6.45) is 0. The fraction of sp³-hybridized carbons (Fsp3) is 0.0714. The van der Waals surface area contributed by atoms with E-state index in [0.717, 1.165) is 15.0 Å². The number of non-ortho nitro benzene ring substituents is 1. The first-order chi connectivity index (χ1) is 9.49. The number of nitro benzene ring substituents is 1. The number of rotatable bonds is 1. The van der Waals surface area contributed by atoms with Crippen molar-refractivity contribution >= 4 is 48.8 Å². The topological polar surface area (TPSA) is 60.2 Å². The lowest BCUT2D eigenvalue weighted by atomic mass is 10.1. The summed E-state index contributed by atoms with van der Waals surface area (Å²) in [5.74, 6) is 0. The highest BCUT2D eigenvalue weighted by atomic mass is 35.5. The molecular formula is C14H8ClNO3S. The number of hydrogen-bond donors (Lipinski definition) is 0. The summed E-state index contributed by atoms with van der Waals surface area (Å²) < 4.78 is 1.54. The van der Waals surface area contributed by atoms with Crippen molar-refractivity contribution in [2.45, 2.75) is 6.92 Å². The highest BCUT2D eigenvalue weighted by Crippen LogP contribution is 2.32. The van der Waals surface area contributed by atoms with Gasteiger partial charge in [-0.1, -0.05) is 17.7 Å². The minimum atomic E-state index is -0.508. The Labute approximate surface area is 122 Å². The van der Waals surface area contributed by atoms with Gasteiger partial charge in [-0.2, -0.15) is 0 Å². The van der Waals surface area contributed by atoms with Crippen LogP contribution in [0.3, 0.4) is 0 Å². The SMILES string of the molecule is Cc1ccc(Cl)c2c(=O)c3cc([N+](=O)[O-])ccc3sc12. The normalized spacial score (nSPS) is 11.1. The third-order valence-electron chi connectivity index (χ3n) is 3.16. The number of benzene rings is 2. The van der Waals surface area contributed by atoms with E-state index in [0.29, 0.717) is 15.8 Å². The van der Waals surface area contributed by atoms with Gasteiger partial charge in [0.1, 0.15) is 0 Å². The predicted molar refractivity (Wildman–Crippen MR) is 82.0 cm³/mol. The van der Waals surface area contributed by atoms with Crippen LogP contribution >= 0.6 is 22.9 Å². The van der Waals surface area contributed by atoms with Crippen LogP contribution in [0.5, 0.6) is 0 Å². The average molecular weight is 306 g/mol. The summed E-state index contributed by atoms with van der Waals surface area (Å²) in [6.45, 7) is 1.91. The molecule has 20 heavy (non-hydrogen) atoms. The maximum Gasteiger partial charge on any atom is 0.270 e. The Morgan fingerprint density at radius 3 is 2.70 bits per heavy atom. The van der Waals surface area contributed by atoms with Gasteiger partial charge in [0, 0.05) is 26.9 Å². The van der Waals surface area contributed by atoms with E-state index in [1.807, 2.05) is 13.0 Å². The third kappa shape index (κ3) is 1.87. The Kier molecular flexibility index (Phi) is 2.96. The molecule has 0 aliphatic heterocycles. The Hall–Kier alpha value is -1.98. The fourth-order valence-corrected chi connectivity index (χ4v) is 3.60. The molecule has 6 heteroatoms. The summed E-state index contributed by atoms with van der Waals surface area (Å²) in [5, 5.41) is 12.0. The van der Waals surface area contributed by atoms with Gasteiger partial charge in [0.15, 0.2) is 5.43 Å². The third-order valence-corrected chi connectivity index (χ3v) is 4.78. The van der Waals surface area contributed by atoms with Crippen LogP contribution in [0, 0.1) is 17.0 Å². The molecular weight excluding hydrogens is 298 g/mol. The summed E-state index contributed by atoms with van der Waals surface area (Å²) >= 11 is 7.53. The zero-order chi connectivity index (χ0) is 14.4. The molecule has 0 amide bonds. The van der Waals surface area contributed by atoms with Gasteiger partial charge in [-0.3, -0.25) is 14.9 Å². The lowest BCUT2D eigenvalue weighted by molar-refractivity contribution is -0.384. The van der Waals surface area contributed by atoms with Gasteiger partial charge in [-0.15, -0.1) is 11.3 Å². The van der Waals surface area contributed by atoms with E-state index < -0.39 is 4.92 Å². The summed E-state index contributed by atoms with van der Waals surface area (Å²) in [4.78, 5) is 22.8. The Bertz CT molecular complexity index is 933. The molecule has 3 aromatic rings. The molecule has 1 heterocycles. The molecule has 0 unspecified atom stereocenters. The van der Waals surface area contributed by atoms with Crippen LogP contribution in [0.15, 0.2) is 35.1 Å². The minimum Gasteiger partial charge on any atom is -0.288 e. The molecule has 0 atom stereocenters. The van der Waals surface area contributed by atoms with Crippen LogP contribution < -0.4 is 5.43 Å². The van der Waals surface area contributed by atoms with Crippen molar-refractivity contribution in [3.8, 4) is 0 Å². The number of nitrogens with zero attached hydrogens (tertiary/aromatic N) is 1. The van der Waals surface area contributed by atoms with Gasteiger partial charge in [-0.05, 0) is 24.6 Å². The predicted octanol–water partition coefficient (Wildman–Crippen LogP) is 4.28. The number of hydrogen-bond acceptors (Lipinski definition) is 4. The second kappa shape index (κ2) is 4.54. The summed E-state index contributed by atoms with van der Waals surface area (Å²) in [6, 6.07) is 7.87. The molecule has 2 aromatic carbocycles. The van der Waals surface area contributed by atoms with Crippen LogP contribution in [0.25, 0.3) is 20.2 Å². The van der Waals surface area contributed by atoms with Gasteiger partial charge >= 0.3 is 0 Å². The van der Waals surface area contributed by atoms with Gasteiger partial charge in [0.05, 0.1) is 15.3 Å². The maximum atomic E-state index is 12.5. The van der Waals surface area contributed by atoms with Crippen molar-refractivity contribution < 1.29 is 4.92 Å². The van der Waals surface area contributed by atoms with Gasteiger partial charge in [-0.25, -0.2) is 0 Å². The van der Waals surface area contributed by atoms with E-state index in [-0.39, 0.29) is 11.1 Å². The smallest absolute Gasteiger partial charge is 0.270 e. The molecule has 0 radical (unpaired) electrons. The number of fused-ring (bicyclic) bond motifs is 2. The van der Waals surface area contributed by atoms with Gasteiger partial charge in [0.2, 0.25) is 0 Å². The standard InChI is InChI=1S/C14H8ClNO3S/c1-7-2-4-10(15)12-13(17)9-6-8(16(18)19)3-5-11(9)20-14(7)12/h2-6H,1H3. The highest BCUT2D eigenvalue weighted by Gasteiger charge is 2.14. The number of aryl methyl sites for hydroxylation is 1. The quantitative estimate of drug-likeness (QED) is 0.383. The van der Waals surface area contributed by atoms with Gasteiger partial charge in [0.25, 0.3) is 5.69 Å². The summed E-state index contributed by atoms with van der Waals surface area (Å²) in [5.41, 5.74) is 0.614. The largest absolute Gasteiger partial charge is 0.288 e. The van der Waals surface area contributed by atoms with Crippen molar-refractivity contribution in [3.63, 3.8) is 0 Å². The van der Waals surface area contributed by atoms with Crippen LogP contribution in [-0.4, -0.2) is 4.92 Å². The molecule has 1 aromatic heterocycles. The molecule has 0 saturated heterocycles. The summed E-state index contributed by atoms with van der Waals surface area (Å²) in [7, 11) is 0. The first-order valence-electron chi connectivity index (χ1n) is 5.79. The fourth-order valence-electron chi connectivity index (χ4n) is 2.15. The molecule has 0 spiro atoms. The van der Waals surface area contributed by atoms with Gasteiger partial charge < -0.3 is 0 Å². The van der Waals surface area contributed by atoms with E-state index >= 15 is 0 Å². The second-order valence-corrected chi connectivity index (χ2v) is 5.90. The molecule has 0 aliphatic carbocycles. The van der Waals surface area contributed by atoms with E-state index in [1.54, 1.807) is 12.1 Å². The lowest BCUT2D eigenvalue weighted by Gasteiger charge is -2.05. The van der Waals surface area contributed by atoms with Crippen LogP contribution in [0.2, 0.25) is 5.02 Å². The molecule has 0 bridgehead atoms. The molecule has 0 saturated carbocycles. The van der Waals surface area contributed by atoms with Crippen molar-refractivity contribution in [3.05, 3.63) is 61.3 Å². The molecule has 0 fully saturated rings. The average Bonchev–Trinajstić information content (AvgIpc) is 2.42. The zero-order valence-corrected chi connectivity index (χ0v) is 11.9. The Morgan fingerprint density at radius 2 is 2.00 bits per heavy atom. The first-order valence-corrected chi connectivity index (χ1v) is 6.98. The highest BCUT2D eigenvalue weighted by molar-refractivity contribution is 7.24. The van der Waals surface area contributed by atoms with E-state index in [9.17, 15) is 14.9 Å². The molecule has 0 aliphatic rings. The van der Waals surface area contributed by atoms with Crippen molar-refractivity contribution in [2.75, 3.05) is 0 Å². The lowest BCUT2D eigenvalue weighted by Crippen LogP contribution is -2.03. The first kappa shape index (κ1) is 13.0. The van der Waals surface area contributed by atoms with E-state index in [1.165, 1.54) is 23.5 Å². The number of nitro groups is 1. The van der Waals surface area contributed by atoms with Crippen molar-refractivity contribution in [1.82, 2.24) is 0 Å². The molecule has 3 rings (SSSR count).